The molecule has 0 heterocycles. The van der Waals surface area contributed by atoms with Gasteiger partial charge in [-0.3, -0.25) is 0 Å². The zero-order valence-corrected chi connectivity index (χ0v) is 8.66. The molecule has 1 atom stereocenters. The molecule has 1 N–H and O–H groups in total. The lowest BCUT2D eigenvalue weighted by Crippen LogP contribution is -2.23. The van der Waals surface area contributed by atoms with Gasteiger partial charge in [0.1, 0.15) is 0 Å². The van der Waals surface area contributed by atoms with E-state index in [-0.39, 0.29) is 6.42 Å². The second kappa shape index (κ2) is 7.33. The standard InChI is InChI=1S/C11H18O3/c1-4-6-7-14-11(13)10(12)8-9(3)5-2/h5,10,12H,2-4,6-8H2,1H3/t10-/m1/s1. The molecular formula is C11H18O3. The predicted octanol–water partition coefficient (Wildman–Crippen LogP) is 1.82. The van der Waals surface area contributed by atoms with Crippen LogP contribution in [0.5, 0.6) is 0 Å². The molecule has 3 heteroatoms. The third-order valence-corrected chi connectivity index (χ3v) is 1.76. The molecule has 0 saturated heterocycles. The lowest BCUT2D eigenvalue weighted by Gasteiger charge is -2.09. The Morgan fingerprint density at radius 2 is 2.29 bits per heavy atom. The highest BCUT2D eigenvalue weighted by Gasteiger charge is 2.16. The number of aliphatic hydroxyl groups excluding tert-OH is 1. The molecule has 0 spiro atoms. The van der Waals surface area contributed by atoms with Crippen molar-refractivity contribution in [2.24, 2.45) is 0 Å². The molecule has 3 nitrogen and oxygen atoms in total. The Bertz CT molecular complexity index is 209. The number of ether oxygens (including phenoxy) is 1. The molecule has 0 unspecified atom stereocenters. The molecule has 0 aromatic carbocycles. The maximum atomic E-state index is 11.1. The van der Waals surface area contributed by atoms with E-state index in [9.17, 15) is 9.90 Å². The van der Waals surface area contributed by atoms with Crippen LogP contribution in [-0.4, -0.2) is 23.8 Å². The van der Waals surface area contributed by atoms with Gasteiger partial charge in [0.15, 0.2) is 6.10 Å². The number of allylic oxidation sites excluding steroid dienone is 1. The maximum Gasteiger partial charge on any atom is 0.335 e. The Balaban J connectivity index is 3.75. The van der Waals surface area contributed by atoms with E-state index in [1.165, 1.54) is 6.08 Å². The zero-order valence-electron chi connectivity index (χ0n) is 8.66. The third-order valence-electron chi connectivity index (χ3n) is 1.76. The number of hydrogen-bond acceptors (Lipinski definition) is 3. The highest BCUT2D eigenvalue weighted by atomic mass is 16.5. The molecule has 0 bridgehead atoms. The molecule has 0 saturated carbocycles. The van der Waals surface area contributed by atoms with Gasteiger partial charge >= 0.3 is 5.97 Å². The number of esters is 1. The van der Waals surface area contributed by atoms with E-state index in [0.717, 1.165) is 12.8 Å². The lowest BCUT2D eigenvalue weighted by molar-refractivity contribution is -0.153. The summed E-state index contributed by atoms with van der Waals surface area (Å²) in [7, 11) is 0. The van der Waals surface area contributed by atoms with Gasteiger partial charge in [0.25, 0.3) is 0 Å². The lowest BCUT2D eigenvalue weighted by atomic mass is 10.1. The summed E-state index contributed by atoms with van der Waals surface area (Å²) in [6.07, 6.45) is 2.37. The van der Waals surface area contributed by atoms with Gasteiger partial charge in [-0.1, -0.05) is 38.2 Å². The van der Waals surface area contributed by atoms with E-state index in [1.54, 1.807) is 0 Å². The van der Waals surface area contributed by atoms with E-state index in [0.29, 0.717) is 12.2 Å². The number of rotatable bonds is 7. The summed E-state index contributed by atoms with van der Waals surface area (Å²) in [6, 6.07) is 0. The van der Waals surface area contributed by atoms with E-state index >= 15 is 0 Å². The van der Waals surface area contributed by atoms with Gasteiger partial charge in [0.2, 0.25) is 0 Å². The second-order valence-electron chi connectivity index (χ2n) is 3.10. The van der Waals surface area contributed by atoms with E-state index in [1.807, 2.05) is 6.92 Å². The molecule has 0 fully saturated rings. The first-order valence-electron chi connectivity index (χ1n) is 4.76. The summed E-state index contributed by atoms with van der Waals surface area (Å²) in [6.45, 7) is 9.46. The van der Waals surface area contributed by atoms with Gasteiger partial charge < -0.3 is 9.84 Å². The minimum absolute atomic E-state index is 0.189. The number of carbonyl (C=O) groups is 1. The van der Waals surface area contributed by atoms with Gasteiger partial charge in [-0.25, -0.2) is 4.79 Å². The molecule has 0 aromatic rings. The number of hydrogen-bond donors (Lipinski definition) is 1. The predicted molar refractivity (Wildman–Crippen MR) is 55.8 cm³/mol. The number of unbranched alkanes of at least 4 members (excludes halogenated alkanes) is 1. The van der Waals surface area contributed by atoms with Crippen LogP contribution in [-0.2, 0) is 9.53 Å². The molecule has 80 valence electrons. The van der Waals surface area contributed by atoms with Crippen LogP contribution >= 0.6 is 0 Å². The average molecular weight is 198 g/mol. The molecule has 0 radical (unpaired) electrons. The van der Waals surface area contributed by atoms with Crippen LogP contribution in [0.1, 0.15) is 26.2 Å². The second-order valence-corrected chi connectivity index (χ2v) is 3.10. The highest BCUT2D eigenvalue weighted by molar-refractivity contribution is 5.74. The van der Waals surface area contributed by atoms with Gasteiger partial charge in [-0.15, -0.1) is 0 Å². The minimum atomic E-state index is -1.11. The summed E-state index contributed by atoms with van der Waals surface area (Å²) in [5.74, 6) is -0.582. The molecule has 0 rings (SSSR count). The summed E-state index contributed by atoms with van der Waals surface area (Å²) in [5.41, 5.74) is 0.630. The molecular weight excluding hydrogens is 180 g/mol. The third kappa shape index (κ3) is 5.54. The topological polar surface area (TPSA) is 46.5 Å². The fourth-order valence-corrected chi connectivity index (χ4v) is 0.828. The summed E-state index contributed by atoms with van der Waals surface area (Å²) >= 11 is 0. The Morgan fingerprint density at radius 1 is 1.64 bits per heavy atom. The largest absolute Gasteiger partial charge is 0.464 e. The smallest absolute Gasteiger partial charge is 0.335 e. The molecule has 0 aliphatic carbocycles. The Morgan fingerprint density at radius 3 is 2.79 bits per heavy atom. The highest BCUT2D eigenvalue weighted by Crippen LogP contribution is 2.05. The summed E-state index contributed by atoms with van der Waals surface area (Å²) < 4.78 is 4.83. The van der Waals surface area contributed by atoms with Gasteiger partial charge in [-0.2, -0.15) is 0 Å². The first kappa shape index (κ1) is 12.9. The zero-order chi connectivity index (χ0) is 11.0. The fraction of sp³-hybridized carbons (Fsp3) is 0.545. The van der Waals surface area contributed by atoms with Crippen molar-refractivity contribution < 1.29 is 14.6 Å². The van der Waals surface area contributed by atoms with Crippen molar-refractivity contribution in [1.82, 2.24) is 0 Å². The van der Waals surface area contributed by atoms with Crippen LogP contribution in [0.15, 0.2) is 24.8 Å². The van der Waals surface area contributed by atoms with Crippen molar-refractivity contribution in [1.29, 1.82) is 0 Å². The quantitative estimate of drug-likeness (QED) is 0.385. The molecule has 0 aliphatic heterocycles. The van der Waals surface area contributed by atoms with Gasteiger partial charge in [0.05, 0.1) is 6.61 Å². The van der Waals surface area contributed by atoms with Gasteiger partial charge in [-0.05, 0) is 6.42 Å². The van der Waals surface area contributed by atoms with Gasteiger partial charge in [0, 0.05) is 6.42 Å². The first-order valence-corrected chi connectivity index (χ1v) is 4.76. The normalized spacial score (nSPS) is 11.9. The van der Waals surface area contributed by atoms with E-state index in [2.05, 4.69) is 13.2 Å². The van der Waals surface area contributed by atoms with Crippen LogP contribution in [0.3, 0.4) is 0 Å². The number of aliphatic hydroxyl groups is 1. The maximum absolute atomic E-state index is 11.1. The minimum Gasteiger partial charge on any atom is -0.464 e. The monoisotopic (exact) mass is 198 g/mol. The van der Waals surface area contributed by atoms with E-state index < -0.39 is 12.1 Å². The SMILES string of the molecule is C=CC(=C)C[C@@H](O)C(=O)OCCCC. The molecule has 0 aliphatic rings. The molecule has 0 amide bonds. The van der Waals surface area contributed by atoms with Crippen LogP contribution < -0.4 is 0 Å². The van der Waals surface area contributed by atoms with E-state index in [4.69, 9.17) is 4.74 Å². The Kier molecular flexibility index (Phi) is 6.76. The molecule has 0 aromatic heterocycles. The van der Waals surface area contributed by atoms with Crippen molar-refractivity contribution in [3.63, 3.8) is 0 Å². The Hall–Kier alpha value is -1.09. The number of carbonyl (C=O) groups excluding carboxylic acids is 1. The van der Waals surface area contributed by atoms with Crippen molar-refractivity contribution >= 4 is 5.97 Å². The van der Waals surface area contributed by atoms with Crippen LogP contribution in [0, 0.1) is 0 Å². The summed E-state index contributed by atoms with van der Waals surface area (Å²) in [4.78, 5) is 11.1. The van der Waals surface area contributed by atoms with Crippen LogP contribution in [0.2, 0.25) is 0 Å². The first-order chi connectivity index (χ1) is 6.61. The van der Waals surface area contributed by atoms with Crippen molar-refractivity contribution in [3.05, 3.63) is 24.8 Å². The average Bonchev–Trinajstić information content (AvgIpc) is 2.17. The van der Waals surface area contributed by atoms with Crippen LogP contribution in [0.4, 0.5) is 0 Å². The van der Waals surface area contributed by atoms with Crippen molar-refractivity contribution in [2.45, 2.75) is 32.3 Å². The van der Waals surface area contributed by atoms with Crippen molar-refractivity contribution in [2.75, 3.05) is 6.61 Å². The Labute approximate surface area is 85.1 Å². The van der Waals surface area contributed by atoms with Crippen molar-refractivity contribution in [3.8, 4) is 0 Å². The fourth-order valence-electron chi connectivity index (χ4n) is 0.828. The summed E-state index contributed by atoms with van der Waals surface area (Å²) in [5, 5.41) is 9.34. The molecule has 14 heavy (non-hydrogen) atoms. The van der Waals surface area contributed by atoms with Crippen LogP contribution in [0.25, 0.3) is 0 Å².